The molecular formula is C20H20O14. The predicted octanol–water partition coefficient (Wildman–Crippen LogP) is -1.26. The van der Waals surface area contributed by atoms with E-state index >= 15 is 0 Å². The smallest absolute Gasteiger partial charge is 0.339 e. The summed E-state index contributed by atoms with van der Waals surface area (Å²) >= 11 is 0. The lowest BCUT2D eigenvalue weighted by molar-refractivity contribution is -0.285. The van der Waals surface area contributed by atoms with Gasteiger partial charge in [0.05, 0.1) is 17.7 Å². The molecule has 9 N–H and O–H groups in total. The van der Waals surface area contributed by atoms with E-state index in [-0.39, 0.29) is 0 Å². The number of esters is 2. The van der Waals surface area contributed by atoms with Crippen LogP contribution in [0.4, 0.5) is 0 Å². The van der Waals surface area contributed by atoms with E-state index in [9.17, 15) is 55.5 Å². The van der Waals surface area contributed by atoms with Gasteiger partial charge in [-0.05, 0) is 24.3 Å². The molecule has 1 fully saturated rings. The highest BCUT2D eigenvalue weighted by molar-refractivity contribution is 5.92. The molecule has 0 bridgehead atoms. The van der Waals surface area contributed by atoms with Crippen LogP contribution in [0.3, 0.4) is 0 Å². The third-order valence-electron chi connectivity index (χ3n) is 4.91. The molecule has 1 aliphatic rings. The zero-order valence-corrected chi connectivity index (χ0v) is 17.0. The third-order valence-corrected chi connectivity index (χ3v) is 4.91. The summed E-state index contributed by atoms with van der Waals surface area (Å²) in [5, 5.41) is 87.2. The van der Waals surface area contributed by atoms with Crippen LogP contribution in [0.15, 0.2) is 24.3 Å². The summed E-state index contributed by atoms with van der Waals surface area (Å²) in [4.78, 5) is 25.0. The number of ether oxygens (including phenoxy) is 3. The highest BCUT2D eigenvalue weighted by atomic mass is 16.7. The Morgan fingerprint density at radius 1 is 0.735 bits per heavy atom. The van der Waals surface area contributed by atoms with Gasteiger partial charge in [0.15, 0.2) is 53.0 Å². The molecule has 0 aromatic heterocycles. The first-order chi connectivity index (χ1) is 15.9. The average molecular weight is 484 g/mol. The van der Waals surface area contributed by atoms with Gasteiger partial charge in [-0.2, -0.15) is 0 Å². The minimum atomic E-state index is -2.04. The van der Waals surface area contributed by atoms with Gasteiger partial charge >= 0.3 is 11.9 Å². The van der Waals surface area contributed by atoms with Crippen LogP contribution in [0, 0.1) is 0 Å². The average Bonchev–Trinajstić information content (AvgIpc) is 2.79. The van der Waals surface area contributed by atoms with E-state index in [0.29, 0.717) is 0 Å². The van der Waals surface area contributed by atoms with Crippen LogP contribution in [0.5, 0.6) is 34.5 Å². The van der Waals surface area contributed by atoms with E-state index in [2.05, 4.69) is 0 Å². The number of rotatable bonds is 5. The van der Waals surface area contributed by atoms with E-state index in [1.54, 1.807) is 0 Å². The summed E-state index contributed by atoms with van der Waals surface area (Å²) in [6.07, 6.45) is -9.15. The summed E-state index contributed by atoms with van der Waals surface area (Å²) < 4.78 is 15.1. The predicted molar refractivity (Wildman–Crippen MR) is 105 cm³/mol. The van der Waals surface area contributed by atoms with Crippen molar-refractivity contribution in [3.8, 4) is 34.5 Å². The van der Waals surface area contributed by atoms with E-state index in [0.717, 1.165) is 24.3 Å². The molecule has 0 unspecified atom stereocenters. The van der Waals surface area contributed by atoms with Crippen LogP contribution < -0.4 is 0 Å². The van der Waals surface area contributed by atoms with Crippen molar-refractivity contribution < 1.29 is 69.8 Å². The van der Waals surface area contributed by atoms with Gasteiger partial charge in [-0.3, -0.25) is 0 Å². The summed E-state index contributed by atoms with van der Waals surface area (Å²) in [6, 6.07) is 2.91. The summed E-state index contributed by atoms with van der Waals surface area (Å²) in [7, 11) is 0. The topological polar surface area (TPSA) is 244 Å². The minimum absolute atomic E-state index is 0.500. The molecule has 2 aromatic carbocycles. The number of aromatic hydroxyl groups is 6. The SMILES string of the molecule is O=C(O[C@H]1[C@H](O)[C@@H](CO)O[C@@H](O)[C@H]1OC(=O)c1cc(O)c(O)c(O)c1)c1cc(O)c(O)c(O)c1. The first-order valence-electron chi connectivity index (χ1n) is 9.48. The number of phenols is 6. The molecule has 2 aromatic rings. The van der Waals surface area contributed by atoms with Crippen LogP contribution in [0.2, 0.25) is 0 Å². The molecule has 1 heterocycles. The van der Waals surface area contributed by atoms with Gasteiger partial charge in [0.2, 0.25) is 0 Å². The van der Waals surface area contributed by atoms with E-state index in [1.807, 2.05) is 0 Å². The van der Waals surface area contributed by atoms with Gasteiger partial charge in [0.25, 0.3) is 0 Å². The standard InChI is InChI=1S/C20H20O14/c21-5-12-15(28)16(33-18(29)6-1-8(22)13(26)9(23)2-6)17(20(31)32-12)34-19(30)7-3-10(24)14(27)11(25)4-7/h1-4,12,15-17,20-28,31H,5H2/t12-,15-,16+,17+,20-/m1/s1. The Kier molecular flexibility index (Phi) is 6.88. The van der Waals surface area contributed by atoms with Crippen molar-refractivity contribution >= 4 is 11.9 Å². The molecule has 1 saturated heterocycles. The first-order valence-corrected chi connectivity index (χ1v) is 9.48. The number of benzene rings is 2. The van der Waals surface area contributed by atoms with Crippen molar-refractivity contribution in [3.05, 3.63) is 35.4 Å². The number of carbonyl (C=O) groups excluding carboxylic acids is 2. The van der Waals surface area contributed by atoms with Crippen LogP contribution in [-0.2, 0) is 14.2 Å². The first kappa shape index (κ1) is 24.7. The van der Waals surface area contributed by atoms with E-state index < -0.39 is 94.9 Å². The molecular weight excluding hydrogens is 464 g/mol. The summed E-state index contributed by atoms with van der Waals surface area (Å²) in [5.74, 6) is -7.93. The molecule has 34 heavy (non-hydrogen) atoms. The van der Waals surface area contributed by atoms with Gasteiger partial charge in [-0.25, -0.2) is 9.59 Å². The molecule has 0 saturated carbocycles. The Hall–Kier alpha value is -3.98. The molecule has 3 rings (SSSR count). The van der Waals surface area contributed by atoms with Crippen molar-refractivity contribution in [2.45, 2.75) is 30.7 Å². The second kappa shape index (κ2) is 9.48. The minimum Gasteiger partial charge on any atom is -0.504 e. The van der Waals surface area contributed by atoms with Crippen LogP contribution in [0.25, 0.3) is 0 Å². The normalized spacial score (nSPS) is 24.4. The Bertz CT molecular complexity index is 1050. The van der Waals surface area contributed by atoms with Gasteiger partial charge in [-0.15, -0.1) is 0 Å². The van der Waals surface area contributed by atoms with Gasteiger partial charge in [-0.1, -0.05) is 0 Å². The lowest BCUT2D eigenvalue weighted by atomic mass is 9.98. The largest absolute Gasteiger partial charge is 0.504 e. The monoisotopic (exact) mass is 484 g/mol. The Morgan fingerprint density at radius 2 is 1.12 bits per heavy atom. The fourth-order valence-electron chi connectivity index (χ4n) is 3.15. The second-order valence-corrected chi connectivity index (χ2v) is 7.20. The van der Waals surface area contributed by atoms with Crippen molar-refractivity contribution in [2.75, 3.05) is 6.61 Å². The van der Waals surface area contributed by atoms with E-state index in [1.165, 1.54) is 0 Å². The number of phenolic OH excluding ortho intramolecular Hbond substituents is 6. The van der Waals surface area contributed by atoms with Crippen LogP contribution in [-0.4, -0.2) is 95.2 Å². The van der Waals surface area contributed by atoms with Gasteiger partial charge in [0, 0.05) is 0 Å². The molecule has 0 radical (unpaired) electrons. The maximum absolute atomic E-state index is 12.5. The molecule has 0 spiro atoms. The number of hydrogen-bond donors (Lipinski definition) is 9. The number of carbonyl (C=O) groups is 2. The Labute approximate surface area is 189 Å². The summed E-state index contributed by atoms with van der Waals surface area (Å²) in [5.41, 5.74) is -1.00. The fraction of sp³-hybridized carbons (Fsp3) is 0.300. The zero-order valence-electron chi connectivity index (χ0n) is 17.0. The van der Waals surface area contributed by atoms with Crippen molar-refractivity contribution in [1.82, 2.24) is 0 Å². The molecule has 0 amide bonds. The molecule has 0 aliphatic carbocycles. The molecule has 184 valence electrons. The number of aliphatic hydroxyl groups excluding tert-OH is 3. The second-order valence-electron chi connectivity index (χ2n) is 7.20. The quantitative estimate of drug-likeness (QED) is 0.178. The highest BCUT2D eigenvalue weighted by Crippen LogP contribution is 2.37. The third kappa shape index (κ3) is 4.69. The molecule has 5 atom stereocenters. The zero-order chi connectivity index (χ0) is 25.3. The Balaban J connectivity index is 1.89. The maximum atomic E-state index is 12.5. The van der Waals surface area contributed by atoms with Crippen LogP contribution >= 0.6 is 0 Å². The molecule has 14 nitrogen and oxygen atoms in total. The molecule has 14 heteroatoms. The molecule has 1 aliphatic heterocycles. The number of aliphatic hydroxyl groups is 3. The fourth-order valence-corrected chi connectivity index (χ4v) is 3.15. The van der Waals surface area contributed by atoms with Crippen molar-refractivity contribution in [1.29, 1.82) is 0 Å². The lowest BCUT2D eigenvalue weighted by Gasteiger charge is -2.41. The van der Waals surface area contributed by atoms with Gasteiger partial charge in [0.1, 0.15) is 12.2 Å². The maximum Gasteiger partial charge on any atom is 0.339 e. The highest BCUT2D eigenvalue weighted by Gasteiger charge is 2.49. The van der Waals surface area contributed by atoms with Crippen molar-refractivity contribution in [3.63, 3.8) is 0 Å². The van der Waals surface area contributed by atoms with E-state index in [4.69, 9.17) is 14.2 Å². The van der Waals surface area contributed by atoms with Crippen LogP contribution in [0.1, 0.15) is 20.7 Å². The summed E-state index contributed by atoms with van der Waals surface area (Å²) in [6.45, 7) is -0.840. The van der Waals surface area contributed by atoms with Gasteiger partial charge < -0.3 is 60.2 Å². The number of hydrogen-bond acceptors (Lipinski definition) is 14. The Morgan fingerprint density at radius 3 is 1.50 bits per heavy atom. The lowest BCUT2D eigenvalue weighted by Crippen LogP contribution is -2.61. The van der Waals surface area contributed by atoms with Crippen molar-refractivity contribution in [2.24, 2.45) is 0 Å².